The van der Waals surface area contributed by atoms with E-state index in [-0.39, 0.29) is 0 Å². The molecule has 0 saturated heterocycles. The summed E-state index contributed by atoms with van der Waals surface area (Å²) in [5.74, 6) is 0.619. The average Bonchev–Trinajstić information content (AvgIpc) is 2.68. The fraction of sp³-hybridized carbons (Fsp3) is 0.562. The maximum Gasteiger partial charge on any atom is 0.214 e. The number of benzene rings is 1. The van der Waals surface area contributed by atoms with E-state index in [0.717, 1.165) is 0 Å². The molecule has 0 saturated carbocycles. The molecule has 0 amide bonds. The Kier molecular flexibility index (Phi) is 4.16. The summed E-state index contributed by atoms with van der Waals surface area (Å²) in [5.41, 5.74) is 1.45. The molecule has 1 heterocycles. The predicted octanol–water partition coefficient (Wildman–Crippen LogP) is 4.34. The Morgan fingerprint density at radius 1 is 1.06 bits per heavy atom. The van der Waals surface area contributed by atoms with Crippen LogP contribution in [0.3, 0.4) is 0 Å². The van der Waals surface area contributed by atoms with Crippen molar-refractivity contribution in [2.24, 2.45) is 5.92 Å². The van der Waals surface area contributed by atoms with E-state index in [9.17, 15) is 0 Å². The molecule has 2 heteroatoms. The van der Waals surface area contributed by atoms with Gasteiger partial charge in [0.15, 0.2) is 6.04 Å². The van der Waals surface area contributed by atoms with Crippen LogP contribution in [-0.4, -0.2) is 21.7 Å². The minimum atomic E-state index is 0.575. The highest BCUT2D eigenvalue weighted by molar-refractivity contribution is 8.14. The average molecular weight is 262 g/mol. The highest BCUT2D eigenvalue weighted by Crippen LogP contribution is 2.42. The van der Waals surface area contributed by atoms with E-state index in [1.807, 2.05) is 0 Å². The van der Waals surface area contributed by atoms with Crippen LogP contribution in [0, 0.1) is 5.92 Å². The Labute approximate surface area is 115 Å². The Balaban J connectivity index is 2.32. The van der Waals surface area contributed by atoms with E-state index in [2.05, 4.69) is 81.3 Å². The number of hydrogen-bond acceptors (Lipinski definition) is 1. The number of hydrogen-bond donors (Lipinski definition) is 0. The zero-order valence-electron chi connectivity index (χ0n) is 12.1. The van der Waals surface area contributed by atoms with Crippen molar-refractivity contribution >= 4 is 16.8 Å². The quantitative estimate of drug-likeness (QED) is 0.732. The first-order valence-corrected chi connectivity index (χ1v) is 7.77. The lowest BCUT2D eigenvalue weighted by Gasteiger charge is -2.15. The van der Waals surface area contributed by atoms with Gasteiger partial charge in [0.1, 0.15) is 11.3 Å². The Morgan fingerprint density at radius 2 is 1.67 bits per heavy atom. The van der Waals surface area contributed by atoms with Crippen LogP contribution in [0.5, 0.6) is 0 Å². The largest absolute Gasteiger partial charge is 0.222 e. The second-order valence-corrected chi connectivity index (χ2v) is 6.85. The third-order valence-electron chi connectivity index (χ3n) is 3.56. The van der Waals surface area contributed by atoms with Crippen molar-refractivity contribution in [3.8, 4) is 0 Å². The zero-order valence-corrected chi connectivity index (χ0v) is 12.9. The lowest BCUT2D eigenvalue weighted by Crippen LogP contribution is -2.32. The fourth-order valence-corrected chi connectivity index (χ4v) is 4.44. The van der Waals surface area contributed by atoms with Crippen molar-refractivity contribution in [2.75, 3.05) is 0 Å². The Morgan fingerprint density at radius 3 is 2.11 bits per heavy atom. The molecule has 1 aliphatic heterocycles. The van der Waals surface area contributed by atoms with Gasteiger partial charge in [-0.1, -0.05) is 44.2 Å². The van der Waals surface area contributed by atoms with Gasteiger partial charge in [0.25, 0.3) is 0 Å². The monoisotopic (exact) mass is 262 g/mol. The fourth-order valence-electron chi connectivity index (χ4n) is 2.78. The molecule has 0 bridgehead atoms. The molecule has 2 atom stereocenters. The van der Waals surface area contributed by atoms with Gasteiger partial charge >= 0.3 is 0 Å². The summed E-state index contributed by atoms with van der Waals surface area (Å²) < 4.78 is 2.60. The first kappa shape index (κ1) is 13.7. The lowest BCUT2D eigenvalue weighted by atomic mass is 10.1. The summed E-state index contributed by atoms with van der Waals surface area (Å²) in [6.07, 6.45) is 0. The van der Waals surface area contributed by atoms with E-state index in [4.69, 9.17) is 0 Å². The standard InChI is InChI=1S/C16H24NS/c1-11(2)16-17(12(3)4)13(5)15(18-16)14-9-7-6-8-10-14/h6-13,15H,1-5H3/q+1/t13-,15-/m0/s1. The molecule has 1 aliphatic rings. The van der Waals surface area contributed by atoms with Gasteiger partial charge in [-0.3, -0.25) is 0 Å². The van der Waals surface area contributed by atoms with Crippen LogP contribution in [0.15, 0.2) is 30.3 Å². The highest BCUT2D eigenvalue weighted by atomic mass is 32.2. The van der Waals surface area contributed by atoms with Crippen LogP contribution in [0.4, 0.5) is 0 Å². The van der Waals surface area contributed by atoms with Gasteiger partial charge in [-0.25, -0.2) is 4.58 Å². The van der Waals surface area contributed by atoms with Crippen molar-refractivity contribution in [3.63, 3.8) is 0 Å². The van der Waals surface area contributed by atoms with Crippen LogP contribution < -0.4 is 0 Å². The molecule has 0 fully saturated rings. The molecular formula is C16H24NS+. The van der Waals surface area contributed by atoms with Gasteiger partial charge in [0.2, 0.25) is 5.04 Å². The SMILES string of the molecule is CC(C)C1=[N+](C(C)C)[C@@H](C)[C@@H](c2ccccc2)S1. The maximum atomic E-state index is 2.60. The molecule has 18 heavy (non-hydrogen) atoms. The molecule has 1 aromatic carbocycles. The van der Waals surface area contributed by atoms with Crippen molar-refractivity contribution < 1.29 is 4.58 Å². The van der Waals surface area contributed by atoms with E-state index in [0.29, 0.717) is 23.3 Å². The van der Waals surface area contributed by atoms with Crippen LogP contribution in [0.25, 0.3) is 0 Å². The van der Waals surface area contributed by atoms with Gasteiger partial charge in [-0.05, 0) is 38.1 Å². The molecule has 0 aromatic heterocycles. The third kappa shape index (κ3) is 2.49. The molecule has 2 rings (SSSR count). The van der Waals surface area contributed by atoms with Crippen LogP contribution >= 0.6 is 11.8 Å². The zero-order chi connectivity index (χ0) is 13.3. The van der Waals surface area contributed by atoms with Gasteiger partial charge in [-0.2, -0.15) is 0 Å². The third-order valence-corrected chi connectivity index (χ3v) is 5.40. The smallest absolute Gasteiger partial charge is 0.214 e. The molecular weight excluding hydrogens is 238 g/mol. The molecule has 0 radical (unpaired) electrons. The molecule has 1 aromatic rings. The first-order valence-electron chi connectivity index (χ1n) is 6.89. The molecule has 0 aliphatic carbocycles. The highest BCUT2D eigenvalue weighted by Gasteiger charge is 2.42. The van der Waals surface area contributed by atoms with Crippen molar-refractivity contribution in [3.05, 3.63) is 35.9 Å². The van der Waals surface area contributed by atoms with Crippen molar-refractivity contribution in [1.82, 2.24) is 0 Å². The molecule has 1 nitrogen and oxygen atoms in total. The maximum absolute atomic E-state index is 2.60. The van der Waals surface area contributed by atoms with Crippen LogP contribution in [-0.2, 0) is 0 Å². The normalized spacial score (nSPS) is 24.4. The van der Waals surface area contributed by atoms with Crippen LogP contribution in [0.1, 0.15) is 45.4 Å². The van der Waals surface area contributed by atoms with E-state index >= 15 is 0 Å². The Hall–Kier alpha value is -0.760. The summed E-state index contributed by atoms with van der Waals surface area (Å²) in [7, 11) is 0. The minimum Gasteiger partial charge on any atom is -0.222 e. The topological polar surface area (TPSA) is 3.01 Å². The summed E-state index contributed by atoms with van der Waals surface area (Å²) in [4.78, 5) is 0. The van der Waals surface area contributed by atoms with Gasteiger partial charge < -0.3 is 0 Å². The van der Waals surface area contributed by atoms with Gasteiger partial charge in [0, 0.05) is 5.92 Å². The van der Waals surface area contributed by atoms with Crippen molar-refractivity contribution in [2.45, 2.75) is 52.0 Å². The summed E-state index contributed by atoms with van der Waals surface area (Å²) in [6.45, 7) is 11.6. The summed E-state index contributed by atoms with van der Waals surface area (Å²) in [6, 6.07) is 12.1. The predicted molar refractivity (Wildman–Crippen MR) is 81.5 cm³/mol. The van der Waals surface area contributed by atoms with Crippen molar-refractivity contribution in [1.29, 1.82) is 0 Å². The number of nitrogens with zero attached hydrogens (tertiary/aromatic N) is 1. The first-order chi connectivity index (χ1) is 8.52. The van der Waals surface area contributed by atoms with E-state index in [1.54, 1.807) is 5.04 Å². The minimum absolute atomic E-state index is 0.575. The molecule has 0 spiro atoms. The number of rotatable bonds is 3. The van der Waals surface area contributed by atoms with Gasteiger partial charge in [0.05, 0.1) is 0 Å². The lowest BCUT2D eigenvalue weighted by molar-refractivity contribution is -0.587. The number of thioether (sulfide) groups is 1. The summed E-state index contributed by atoms with van der Waals surface area (Å²) in [5, 5.41) is 2.12. The molecule has 98 valence electrons. The Bertz CT molecular complexity index is 434. The van der Waals surface area contributed by atoms with E-state index < -0.39 is 0 Å². The van der Waals surface area contributed by atoms with Gasteiger partial charge in [-0.15, -0.1) is 0 Å². The van der Waals surface area contributed by atoms with Crippen LogP contribution in [0.2, 0.25) is 0 Å². The second-order valence-electron chi connectivity index (χ2n) is 5.68. The molecule has 0 N–H and O–H groups in total. The molecule has 0 unspecified atom stereocenters. The van der Waals surface area contributed by atoms with E-state index in [1.165, 1.54) is 5.56 Å². The summed E-state index contributed by atoms with van der Waals surface area (Å²) >= 11 is 2.06. The second kappa shape index (κ2) is 5.48.